The molecule has 0 aromatic heterocycles. The Kier molecular flexibility index (Phi) is 4.14. The van der Waals surface area contributed by atoms with Crippen LogP contribution in [0, 0.1) is 11.6 Å². The Labute approximate surface area is 96.3 Å². The van der Waals surface area contributed by atoms with Gasteiger partial charge in [0, 0.05) is 6.07 Å². The van der Waals surface area contributed by atoms with E-state index < -0.39 is 29.6 Å². The molecule has 0 bridgehead atoms. The van der Waals surface area contributed by atoms with Gasteiger partial charge < -0.3 is 10.4 Å². The van der Waals surface area contributed by atoms with Crippen LogP contribution >= 0.6 is 0 Å². The number of amides is 1. The first kappa shape index (κ1) is 13.1. The quantitative estimate of drug-likeness (QED) is 0.843. The van der Waals surface area contributed by atoms with E-state index in [4.69, 9.17) is 5.11 Å². The first-order valence-electron chi connectivity index (χ1n) is 4.94. The predicted octanol–water partition coefficient (Wildman–Crippen LogP) is 1.56. The third-order valence-electron chi connectivity index (χ3n) is 2.19. The summed E-state index contributed by atoms with van der Waals surface area (Å²) in [6, 6.07) is 1.37. The lowest BCUT2D eigenvalue weighted by molar-refractivity contribution is -0.139. The number of carbonyl (C=O) groups is 2. The van der Waals surface area contributed by atoms with Crippen LogP contribution in [0.3, 0.4) is 0 Å². The number of nitrogens with one attached hydrogen (secondary N) is 1. The number of hydrogen-bond acceptors (Lipinski definition) is 2. The molecule has 92 valence electrons. The lowest BCUT2D eigenvalue weighted by Crippen LogP contribution is -2.40. The number of hydrogen-bond donors (Lipinski definition) is 2. The standard InChI is InChI=1S/C11H11F2NO3/c1-2-9(11(16)17)14-10(15)7-4-3-6(12)5-8(7)13/h3-5,9H,2H2,1H3,(H,14,15)(H,16,17)/t9-/m1/s1. The Morgan fingerprint density at radius 2 is 2.06 bits per heavy atom. The molecule has 6 heteroatoms. The minimum atomic E-state index is -1.21. The van der Waals surface area contributed by atoms with Crippen LogP contribution in [0.2, 0.25) is 0 Å². The molecule has 4 nitrogen and oxygen atoms in total. The normalized spacial score (nSPS) is 11.9. The number of carboxylic acids is 1. The Morgan fingerprint density at radius 3 is 2.53 bits per heavy atom. The van der Waals surface area contributed by atoms with Gasteiger partial charge in [-0.15, -0.1) is 0 Å². The smallest absolute Gasteiger partial charge is 0.326 e. The maximum absolute atomic E-state index is 13.2. The fraction of sp³-hybridized carbons (Fsp3) is 0.273. The summed E-state index contributed by atoms with van der Waals surface area (Å²) in [4.78, 5) is 22.2. The number of halogens is 2. The summed E-state index contributed by atoms with van der Waals surface area (Å²) in [5.74, 6) is -3.91. The fourth-order valence-corrected chi connectivity index (χ4v) is 1.25. The first-order chi connectivity index (χ1) is 7.95. The Balaban J connectivity index is 2.86. The van der Waals surface area contributed by atoms with Crippen LogP contribution in [-0.4, -0.2) is 23.0 Å². The summed E-state index contributed by atoms with van der Waals surface area (Å²) in [5.41, 5.74) is -0.383. The molecule has 1 atom stereocenters. The van der Waals surface area contributed by atoms with E-state index in [1.807, 2.05) is 0 Å². The molecule has 1 rings (SSSR count). The van der Waals surface area contributed by atoms with Crippen molar-refractivity contribution in [1.29, 1.82) is 0 Å². The maximum atomic E-state index is 13.2. The zero-order valence-electron chi connectivity index (χ0n) is 9.04. The monoisotopic (exact) mass is 243 g/mol. The van der Waals surface area contributed by atoms with E-state index >= 15 is 0 Å². The summed E-state index contributed by atoms with van der Waals surface area (Å²) in [6.07, 6.45) is 0.171. The molecule has 0 radical (unpaired) electrons. The summed E-state index contributed by atoms with van der Waals surface area (Å²) in [5, 5.41) is 10.9. The Bertz CT molecular complexity index is 448. The number of carboxylic acid groups (broad SMARTS) is 1. The van der Waals surface area contributed by atoms with E-state index in [2.05, 4.69) is 5.32 Å². The highest BCUT2D eigenvalue weighted by Gasteiger charge is 2.20. The summed E-state index contributed by atoms with van der Waals surface area (Å²) < 4.78 is 25.8. The largest absolute Gasteiger partial charge is 0.480 e. The molecule has 0 spiro atoms. The van der Waals surface area contributed by atoms with Crippen LogP contribution in [0.5, 0.6) is 0 Å². The number of rotatable bonds is 4. The molecule has 1 amide bonds. The number of benzene rings is 1. The number of carbonyl (C=O) groups excluding carboxylic acids is 1. The van der Waals surface area contributed by atoms with E-state index in [1.54, 1.807) is 6.92 Å². The average Bonchev–Trinajstić information content (AvgIpc) is 2.24. The van der Waals surface area contributed by atoms with Gasteiger partial charge in [-0.25, -0.2) is 13.6 Å². The maximum Gasteiger partial charge on any atom is 0.326 e. The topological polar surface area (TPSA) is 66.4 Å². The van der Waals surface area contributed by atoms with Gasteiger partial charge in [0.15, 0.2) is 0 Å². The SMILES string of the molecule is CC[C@@H](NC(=O)c1ccc(F)cc1F)C(=O)O. The molecular formula is C11H11F2NO3. The van der Waals surface area contributed by atoms with Gasteiger partial charge in [-0.2, -0.15) is 0 Å². The molecule has 0 fully saturated rings. The highest BCUT2D eigenvalue weighted by atomic mass is 19.1. The second kappa shape index (κ2) is 5.38. The van der Waals surface area contributed by atoms with Crippen molar-refractivity contribution in [3.05, 3.63) is 35.4 Å². The molecule has 17 heavy (non-hydrogen) atoms. The summed E-state index contributed by atoms with van der Waals surface area (Å²) in [6.45, 7) is 1.57. The van der Waals surface area contributed by atoms with E-state index in [-0.39, 0.29) is 12.0 Å². The van der Waals surface area contributed by atoms with E-state index in [1.165, 1.54) is 0 Å². The molecule has 0 heterocycles. The second-order valence-corrected chi connectivity index (χ2v) is 3.40. The molecule has 1 aromatic carbocycles. The zero-order valence-corrected chi connectivity index (χ0v) is 9.04. The van der Waals surface area contributed by atoms with Gasteiger partial charge in [0.25, 0.3) is 5.91 Å². The van der Waals surface area contributed by atoms with Crippen molar-refractivity contribution in [2.24, 2.45) is 0 Å². The molecule has 0 aliphatic rings. The molecule has 2 N–H and O–H groups in total. The van der Waals surface area contributed by atoms with Crippen molar-refractivity contribution >= 4 is 11.9 Å². The molecule has 0 aliphatic heterocycles. The van der Waals surface area contributed by atoms with Gasteiger partial charge in [-0.3, -0.25) is 4.79 Å². The lowest BCUT2D eigenvalue weighted by atomic mass is 10.1. The zero-order chi connectivity index (χ0) is 13.0. The first-order valence-corrected chi connectivity index (χ1v) is 4.94. The lowest BCUT2D eigenvalue weighted by Gasteiger charge is -2.12. The van der Waals surface area contributed by atoms with Gasteiger partial charge in [0.2, 0.25) is 0 Å². The van der Waals surface area contributed by atoms with Crippen molar-refractivity contribution in [1.82, 2.24) is 5.32 Å². The van der Waals surface area contributed by atoms with Crippen LogP contribution in [0.15, 0.2) is 18.2 Å². The predicted molar refractivity (Wildman–Crippen MR) is 55.5 cm³/mol. The van der Waals surface area contributed by atoms with Crippen LogP contribution in [0.1, 0.15) is 23.7 Å². The van der Waals surface area contributed by atoms with Crippen molar-refractivity contribution < 1.29 is 23.5 Å². The number of aliphatic carboxylic acids is 1. The van der Waals surface area contributed by atoms with Crippen LogP contribution < -0.4 is 5.32 Å². The molecular weight excluding hydrogens is 232 g/mol. The molecule has 0 saturated carbocycles. The Morgan fingerprint density at radius 1 is 1.41 bits per heavy atom. The van der Waals surface area contributed by atoms with E-state index in [0.29, 0.717) is 6.07 Å². The molecule has 0 unspecified atom stereocenters. The highest BCUT2D eigenvalue weighted by Crippen LogP contribution is 2.09. The van der Waals surface area contributed by atoms with Crippen molar-refractivity contribution in [3.8, 4) is 0 Å². The molecule has 0 aliphatic carbocycles. The van der Waals surface area contributed by atoms with Gasteiger partial charge in [-0.1, -0.05) is 6.92 Å². The van der Waals surface area contributed by atoms with Crippen LogP contribution in [-0.2, 0) is 4.79 Å². The average molecular weight is 243 g/mol. The van der Waals surface area contributed by atoms with Crippen molar-refractivity contribution in [3.63, 3.8) is 0 Å². The van der Waals surface area contributed by atoms with Crippen LogP contribution in [0.25, 0.3) is 0 Å². The Hall–Kier alpha value is -1.98. The minimum Gasteiger partial charge on any atom is -0.480 e. The molecule has 1 aromatic rings. The summed E-state index contributed by atoms with van der Waals surface area (Å²) >= 11 is 0. The summed E-state index contributed by atoms with van der Waals surface area (Å²) in [7, 11) is 0. The second-order valence-electron chi connectivity index (χ2n) is 3.40. The highest BCUT2D eigenvalue weighted by molar-refractivity contribution is 5.96. The van der Waals surface area contributed by atoms with Gasteiger partial charge in [0.05, 0.1) is 5.56 Å². The van der Waals surface area contributed by atoms with Crippen molar-refractivity contribution in [2.45, 2.75) is 19.4 Å². The third-order valence-corrected chi connectivity index (χ3v) is 2.19. The third kappa shape index (κ3) is 3.24. The van der Waals surface area contributed by atoms with Gasteiger partial charge in [-0.05, 0) is 18.6 Å². The van der Waals surface area contributed by atoms with Gasteiger partial charge in [0.1, 0.15) is 17.7 Å². The molecule has 0 saturated heterocycles. The minimum absolute atomic E-state index is 0.171. The van der Waals surface area contributed by atoms with E-state index in [9.17, 15) is 18.4 Å². The van der Waals surface area contributed by atoms with E-state index in [0.717, 1.165) is 12.1 Å². The van der Waals surface area contributed by atoms with Gasteiger partial charge >= 0.3 is 5.97 Å². The van der Waals surface area contributed by atoms with Crippen LogP contribution in [0.4, 0.5) is 8.78 Å². The van der Waals surface area contributed by atoms with Crippen molar-refractivity contribution in [2.75, 3.05) is 0 Å². The fourth-order valence-electron chi connectivity index (χ4n) is 1.25.